The van der Waals surface area contributed by atoms with E-state index in [1.54, 1.807) is 11.8 Å². The van der Waals surface area contributed by atoms with Gasteiger partial charge in [-0.3, -0.25) is 0 Å². The van der Waals surface area contributed by atoms with E-state index < -0.39 is 0 Å². The maximum absolute atomic E-state index is 5.32. The molecule has 0 fully saturated rings. The van der Waals surface area contributed by atoms with Crippen molar-refractivity contribution in [2.24, 2.45) is 0 Å². The van der Waals surface area contributed by atoms with E-state index in [4.69, 9.17) is 4.74 Å². The molecule has 0 aliphatic rings. The molecule has 0 saturated carbocycles. The van der Waals surface area contributed by atoms with Gasteiger partial charge in [-0.25, -0.2) is 9.97 Å². The summed E-state index contributed by atoms with van der Waals surface area (Å²) in [6, 6.07) is 1.97. The van der Waals surface area contributed by atoms with Gasteiger partial charge in [0.15, 0.2) is 5.82 Å². The molecule has 0 bridgehead atoms. The number of nitrogens with one attached hydrogen (secondary N) is 1. The monoisotopic (exact) mass is 241 g/mol. The van der Waals surface area contributed by atoms with Crippen molar-refractivity contribution in [3.05, 3.63) is 11.9 Å². The highest BCUT2D eigenvalue weighted by molar-refractivity contribution is 7.99. The van der Waals surface area contributed by atoms with E-state index in [2.05, 4.69) is 22.2 Å². The van der Waals surface area contributed by atoms with E-state index in [9.17, 15) is 0 Å². The van der Waals surface area contributed by atoms with Crippen LogP contribution in [0.2, 0.25) is 0 Å². The highest BCUT2D eigenvalue weighted by Gasteiger charge is 2.04. The summed E-state index contributed by atoms with van der Waals surface area (Å²) >= 11 is 1.75. The van der Waals surface area contributed by atoms with Gasteiger partial charge in [-0.2, -0.15) is 0 Å². The average molecular weight is 241 g/mol. The Morgan fingerprint density at radius 3 is 2.81 bits per heavy atom. The number of nitrogens with zero attached hydrogens (tertiary/aromatic N) is 2. The van der Waals surface area contributed by atoms with Crippen LogP contribution in [0.4, 0.5) is 5.82 Å². The van der Waals surface area contributed by atoms with Gasteiger partial charge in [-0.1, -0.05) is 6.92 Å². The summed E-state index contributed by atoms with van der Waals surface area (Å²) in [6.07, 6.45) is 1.14. The predicted octanol–water partition coefficient (Wildman–Crippen LogP) is 2.56. The molecule has 0 spiro atoms. The van der Waals surface area contributed by atoms with Crippen molar-refractivity contribution in [3.63, 3.8) is 0 Å². The van der Waals surface area contributed by atoms with Crippen LogP contribution < -0.4 is 5.32 Å². The van der Waals surface area contributed by atoms with Crippen LogP contribution in [0.25, 0.3) is 0 Å². The standard InChI is InChI=1S/C11H19N3OS/c1-4-6-16-11-7-9(12-3)13-10(14-11)8-15-5-2/h7H,4-6,8H2,1-3H3,(H,12,13,14). The van der Waals surface area contributed by atoms with E-state index in [1.807, 2.05) is 20.0 Å². The molecule has 4 nitrogen and oxygen atoms in total. The SMILES string of the molecule is CCCSc1cc(NC)nc(COCC)n1. The summed E-state index contributed by atoms with van der Waals surface area (Å²) < 4.78 is 5.32. The number of thioether (sulfide) groups is 1. The third kappa shape index (κ3) is 4.37. The van der Waals surface area contributed by atoms with Crippen LogP contribution in [0.15, 0.2) is 11.1 Å². The van der Waals surface area contributed by atoms with Gasteiger partial charge in [-0.05, 0) is 19.1 Å². The number of ether oxygens (including phenoxy) is 1. The van der Waals surface area contributed by atoms with Gasteiger partial charge in [0.2, 0.25) is 0 Å². The summed E-state index contributed by atoms with van der Waals surface area (Å²) in [5.74, 6) is 2.67. The van der Waals surface area contributed by atoms with Crippen LogP contribution in [0.3, 0.4) is 0 Å². The lowest BCUT2D eigenvalue weighted by Gasteiger charge is -2.07. The molecule has 1 aromatic rings. The van der Waals surface area contributed by atoms with E-state index in [0.29, 0.717) is 13.2 Å². The minimum absolute atomic E-state index is 0.478. The third-order valence-electron chi connectivity index (χ3n) is 1.89. The molecule has 0 radical (unpaired) electrons. The van der Waals surface area contributed by atoms with E-state index in [1.165, 1.54) is 0 Å². The smallest absolute Gasteiger partial charge is 0.157 e. The van der Waals surface area contributed by atoms with Crippen molar-refractivity contribution in [2.75, 3.05) is 24.7 Å². The summed E-state index contributed by atoms with van der Waals surface area (Å²) in [5, 5.41) is 4.05. The van der Waals surface area contributed by atoms with Gasteiger partial charge in [0.05, 0.1) is 0 Å². The Bertz CT molecular complexity index is 294. The number of hydrogen-bond donors (Lipinski definition) is 1. The van der Waals surface area contributed by atoms with Crippen molar-refractivity contribution in [2.45, 2.75) is 31.9 Å². The fourth-order valence-electron chi connectivity index (χ4n) is 1.14. The molecule has 0 amide bonds. The molecule has 5 heteroatoms. The molecule has 0 aromatic carbocycles. The minimum atomic E-state index is 0.478. The highest BCUT2D eigenvalue weighted by Crippen LogP contribution is 2.19. The van der Waals surface area contributed by atoms with Gasteiger partial charge in [0.1, 0.15) is 17.5 Å². The lowest BCUT2D eigenvalue weighted by atomic mass is 10.5. The Morgan fingerprint density at radius 2 is 2.19 bits per heavy atom. The lowest BCUT2D eigenvalue weighted by Crippen LogP contribution is -2.03. The largest absolute Gasteiger partial charge is 0.374 e. The first kappa shape index (κ1) is 13.3. The van der Waals surface area contributed by atoms with Crippen LogP contribution >= 0.6 is 11.8 Å². The zero-order valence-electron chi connectivity index (χ0n) is 10.1. The number of rotatable bonds is 7. The molecule has 1 aromatic heterocycles. The normalized spacial score (nSPS) is 10.4. The molecule has 0 atom stereocenters. The molecular weight excluding hydrogens is 222 g/mol. The molecule has 90 valence electrons. The molecule has 16 heavy (non-hydrogen) atoms. The fraction of sp³-hybridized carbons (Fsp3) is 0.636. The van der Waals surface area contributed by atoms with Gasteiger partial charge < -0.3 is 10.1 Å². The molecule has 1 N–H and O–H groups in total. The van der Waals surface area contributed by atoms with E-state index in [-0.39, 0.29) is 0 Å². The lowest BCUT2D eigenvalue weighted by molar-refractivity contribution is 0.128. The Hall–Kier alpha value is -0.810. The molecule has 0 saturated heterocycles. The molecule has 1 heterocycles. The van der Waals surface area contributed by atoms with Crippen molar-refractivity contribution >= 4 is 17.6 Å². The zero-order valence-corrected chi connectivity index (χ0v) is 10.9. The quantitative estimate of drug-likeness (QED) is 0.587. The number of aromatic nitrogens is 2. The predicted molar refractivity (Wildman–Crippen MR) is 67.9 cm³/mol. The van der Waals surface area contributed by atoms with Crippen LogP contribution in [0.5, 0.6) is 0 Å². The first-order chi connectivity index (χ1) is 7.80. The van der Waals surface area contributed by atoms with Crippen LogP contribution in [-0.2, 0) is 11.3 Å². The Balaban J connectivity index is 2.74. The molecule has 0 aliphatic heterocycles. The first-order valence-electron chi connectivity index (χ1n) is 5.56. The van der Waals surface area contributed by atoms with Gasteiger partial charge in [0, 0.05) is 19.7 Å². The fourth-order valence-corrected chi connectivity index (χ4v) is 1.92. The van der Waals surface area contributed by atoms with Crippen molar-refractivity contribution in [1.82, 2.24) is 9.97 Å². The highest BCUT2D eigenvalue weighted by atomic mass is 32.2. The van der Waals surface area contributed by atoms with Crippen LogP contribution in [0, 0.1) is 0 Å². The average Bonchev–Trinajstić information content (AvgIpc) is 2.33. The molecule has 0 unspecified atom stereocenters. The van der Waals surface area contributed by atoms with Crippen molar-refractivity contribution in [3.8, 4) is 0 Å². The number of hydrogen-bond acceptors (Lipinski definition) is 5. The van der Waals surface area contributed by atoms with Crippen LogP contribution in [0.1, 0.15) is 26.1 Å². The zero-order chi connectivity index (χ0) is 11.8. The van der Waals surface area contributed by atoms with Crippen molar-refractivity contribution in [1.29, 1.82) is 0 Å². The summed E-state index contributed by atoms with van der Waals surface area (Å²) in [4.78, 5) is 8.78. The van der Waals surface area contributed by atoms with Gasteiger partial charge in [-0.15, -0.1) is 11.8 Å². The second-order valence-corrected chi connectivity index (χ2v) is 4.36. The van der Waals surface area contributed by atoms with Crippen molar-refractivity contribution < 1.29 is 4.74 Å². The second-order valence-electron chi connectivity index (χ2n) is 3.24. The summed E-state index contributed by atoms with van der Waals surface area (Å²) in [5.41, 5.74) is 0. The third-order valence-corrected chi connectivity index (χ3v) is 3.01. The summed E-state index contributed by atoms with van der Waals surface area (Å²) in [6.45, 7) is 5.29. The second kappa shape index (κ2) is 7.46. The molecular formula is C11H19N3OS. The Labute approximate surface area is 101 Å². The van der Waals surface area contributed by atoms with Crippen LogP contribution in [-0.4, -0.2) is 29.4 Å². The minimum Gasteiger partial charge on any atom is -0.374 e. The Morgan fingerprint density at radius 1 is 1.38 bits per heavy atom. The first-order valence-corrected chi connectivity index (χ1v) is 6.55. The topological polar surface area (TPSA) is 47.0 Å². The maximum atomic E-state index is 5.32. The Kier molecular flexibility index (Phi) is 6.18. The number of anilines is 1. The molecule has 1 rings (SSSR count). The maximum Gasteiger partial charge on any atom is 0.157 e. The summed E-state index contributed by atoms with van der Waals surface area (Å²) in [7, 11) is 1.86. The van der Waals surface area contributed by atoms with Gasteiger partial charge >= 0.3 is 0 Å². The van der Waals surface area contributed by atoms with E-state index in [0.717, 1.165) is 28.8 Å². The van der Waals surface area contributed by atoms with Gasteiger partial charge in [0.25, 0.3) is 0 Å². The van der Waals surface area contributed by atoms with E-state index >= 15 is 0 Å². The molecule has 0 aliphatic carbocycles.